The predicted octanol–water partition coefficient (Wildman–Crippen LogP) is -0.134. The zero-order valence-corrected chi connectivity index (χ0v) is 9.44. The van der Waals surface area contributed by atoms with E-state index in [1.54, 1.807) is 11.6 Å². The van der Waals surface area contributed by atoms with Crippen LogP contribution in [0, 0.1) is 0 Å². The molecule has 0 aromatic carbocycles. The molecule has 0 amide bonds. The van der Waals surface area contributed by atoms with Crippen LogP contribution < -0.4 is 4.72 Å². The Balaban J connectivity index is 4.00. The highest BCUT2D eigenvalue weighted by atomic mass is 32.2. The molecule has 0 saturated heterocycles. The lowest BCUT2D eigenvalue weighted by Gasteiger charge is -2.15. The van der Waals surface area contributed by atoms with E-state index in [-0.39, 0.29) is 6.61 Å². The van der Waals surface area contributed by atoms with E-state index < -0.39 is 34.6 Å². The lowest BCUT2D eigenvalue weighted by Crippen LogP contribution is -2.41. The minimum atomic E-state index is -4.83. The lowest BCUT2D eigenvalue weighted by molar-refractivity contribution is -0.200. The Bertz CT molecular complexity index is 290. The molecule has 0 aromatic heterocycles. The number of nitrogens with one attached hydrogen (secondary N) is 1. The van der Waals surface area contributed by atoms with Crippen LogP contribution in [-0.4, -0.2) is 51.3 Å². The molecular formula is C7H14F3NO4S. The molecule has 0 fully saturated rings. The number of alkyl halides is 3. The molecular weight excluding hydrogens is 251 g/mol. The first-order valence-corrected chi connectivity index (χ1v) is 6.14. The van der Waals surface area contributed by atoms with Crippen molar-refractivity contribution in [3.8, 4) is 0 Å². The van der Waals surface area contributed by atoms with Crippen LogP contribution in [0.5, 0.6) is 0 Å². The summed E-state index contributed by atoms with van der Waals surface area (Å²) < 4.78 is 64.0. The maximum Gasteiger partial charge on any atom is 0.415 e. The summed E-state index contributed by atoms with van der Waals surface area (Å²) in [5, 5.41) is 8.54. The zero-order valence-electron chi connectivity index (χ0n) is 8.62. The normalized spacial score (nSPS) is 15.1. The number of aliphatic hydroxyl groups excluding tert-OH is 1. The second-order valence-corrected chi connectivity index (χ2v) is 4.85. The van der Waals surface area contributed by atoms with Crippen molar-refractivity contribution in [1.82, 2.24) is 4.72 Å². The molecule has 0 spiro atoms. The quantitative estimate of drug-likeness (QED) is 0.629. The van der Waals surface area contributed by atoms with Crippen molar-refractivity contribution in [2.45, 2.75) is 19.2 Å². The molecule has 16 heavy (non-hydrogen) atoms. The van der Waals surface area contributed by atoms with Crippen molar-refractivity contribution in [1.29, 1.82) is 0 Å². The van der Waals surface area contributed by atoms with E-state index >= 15 is 0 Å². The maximum absolute atomic E-state index is 11.8. The third-order valence-corrected chi connectivity index (χ3v) is 2.89. The molecule has 1 unspecified atom stereocenters. The number of ether oxygens (including phenoxy) is 1. The molecule has 0 rings (SSSR count). The number of hydrogen-bond donors (Lipinski definition) is 2. The van der Waals surface area contributed by atoms with Crippen LogP contribution in [0.4, 0.5) is 13.2 Å². The molecule has 0 aliphatic carbocycles. The average molecular weight is 265 g/mol. The molecule has 5 nitrogen and oxygen atoms in total. The van der Waals surface area contributed by atoms with Gasteiger partial charge in [-0.2, -0.15) is 13.2 Å². The molecule has 2 N–H and O–H groups in total. The van der Waals surface area contributed by atoms with Gasteiger partial charge in [0.25, 0.3) is 0 Å². The minimum absolute atomic E-state index is 0.103. The highest BCUT2D eigenvalue weighted by molar-refractivity contribution is 7.89. The molecule has 0 saturated carbocycles. The SMILES string of the molecule is CCOCCS(=O)(=O)NCC(O)C(F)(F)F. The predicted molar refractivity (Wildman–Crippen MR) is 50.3 cm³/mol. The number of rotatable bonds is 7. The van der Waals surface area contributed by atoms with E-state index in [0.717, 1.165) is 0 Å². The van der Waals surface area contributed by atoms with Crippen molar-refractivity contribution in [3.05, 3.63) is 0 Å². The van der Waals surface area contributed by atoms with Gasteiger partial charge >= 0.3 is 6.18 Å². The van der Waals surface area contributed by atoms with Gasteiger partial charge in [0.1, 0.15) is 0 Å². The fraction of sp³-hybridized carbons (Fsp3) is 1.00. The largest absolute Gasteiger partial charge is 0.415 e. The van der Waals surface area contributed by atoms with E-state index in [1.165, 1.54) is 0 Å². The smallest absolute Gasteiger partial charge is 0.382 e. The summed E-state index contributed by atoms with van der Waals surface area (Å²) in [6.07, 6.45) is -7.53. The minimum Gasteiger partial charge on any atom is -0.382 e. The Labute approximate surface area is 91.6 Å². The van der Waals surface area contributed by atoms with Crippen LogP contribution in [0.2, 0.25) is 0 Å². The highest BCUT2D eigenvalue weighted by Gasteiger charge is 2.38. The van der Waals surface area contributed by atoms with Crippen molar-refractivity contribution in [2.75, 3.05) is 25.5 Å². The summed E-state index contributed by atoms with van der Waals surface area (Å²) in [6, 6.07) is 0. The summed E-state index contributed by atoms with van der Waals surface area (Å²) in [4.78, 5) is 0. The van der Waals surface area contributed by atoms with E-state index in [1.807, 2.05) is 0 Å². The Morgan fingerprint density at radius 2 is 2.00 bits per heavy atom. The number of sulfonamides is 1. The fourth-order valence-corrected chi connectivity index (χ4v) is 1.60. The first-order valence-electron chi connectivity index (χ1n) is 4.49. The summed E-state index contributed by atoms with van der Waals surface area (Å²) in [6.45, 7) is 0.792. The molecule has 0 bridgehead atoms. The van der Waals surface area contributed by atoms with Gasteiger partial charge in [0.2, 0.25) is 10.0 Å². The Kier molecular flexibility index (Phi) is 6.23. The summed E-state index contributed by atoms with van der Waals surface area (Å²) in [7, 11) is -3.84. The molecule has 0 aromatic rings. The van der Waals surface area contributed by atoms with Crippen LogP contribution >= 0.6 is 0 Å². The van der Waals surface area contributed by atoms with E-state index in [2.05, 4.69) is 0 Å². The van der Waals surface area contributed by atoms with Crippen molar-refractivity contribution >= 4 is 10.0 Å². The molecule has 0 aliphatic rings. The highest BCUT2D eigenvalue weighted by Crippen LogP contribution is 2.19. The van der Waals surface area contributed by atoms with E-state index in [0.29, 0.717) is 6.61 Å². The van der Waals surface area contributed by atoms with Gasteiger partial charge in [-0.05, 0) is 6.92 Å². The van der Waals surface area contributed by atoms with Gasteiger partial charge in [-0.15, -0.1) is 0 Å². The van der Waals surface area contributed by atoms with Gasteiger partial charge in [-0.25, -0.2) is 13.1 Å². The van der Waals surface area contributed by atoms with Crippen molar-refractivity contribution in [2.24, 2.45) is 0 Å². The molecule has 0 aliphatic heterocycles. The number of aliphatic hydroxyl groups is 1. The van der Waals surface area contributed by atoms with Crippen molar-refractivity contribution in [3.63, 3.8) is 0 Å². The van der Waals surface area contributed by atoms with Crippen LogP contribution in [0.3, 0.4) is 0 Å². The fourth-order valence-electron chi connectivity index (χ4n) is 0.707. The van der Waals surface area contributed by atoms with Gasteiger partial charge in [-0.3, -0.25) is 0 Å². The standard InChI is InChI=1S/C7H14F3NO4S/c1-2-15-3-4-16(13,14)11-5-6(12)7(8,9)10/h6,11-12H,2-5H2,1H3. The third-order valence-electron chi connectivity index (χ3n) is 1.57. The lowest BCUT2D eigenvalue weighted by atomic mass is 10.4. The van der Waals surface area contributed by atoms with Crippen molar-refractivity contribution < 1.29 is 31.4 Å². The summed E-state index contributed by atoms with van der Waals surface area (Å²) >= 11 is 0. The van der Waals surface area contributed by atoms with Gasteiger partial charge in [0.05, 0.1) is 12.4 Å². The van der Waals surface area contributed by atoms with Crippen LogP contribution in [0.1, 0.15) is 6.92 Å². The van der Waals surface area contributed by atoms with Gasteiger partial charge in [0.15, 0.2) is 6.10 Å². The summed E-state index contributed by atoms with van der Waals surface area (Å²) in [5.41, 5.74) is 0. The van der Waals surface area contributed by atoms with Crippen LogP contribution in [-0.2, 0) is 14.8 Å². The Hall–Kier alpha value is -0.380. The van der Waals surface area contributed by atoms with Crippen LogP contribution in [0.25, 0.3) is 0 Å². The second-order valence-electron chi connectivity index (χ2n) is 2.92. The topological polar surface area (TPSA) is 75.6 Å². The van der Waals surface area contributed by atoms with Gasteiger partial charge in [-0.1, -0.05) is 0 Å². The Morgan fingerprint density at radius 1 is 1.44 bits per heavy atom. The second kappa shape index (κ2) is 6.38. The average Bonchev–Trinajstić information content (AvgIpc) is 2.13. The molecule has 1 atom stereocenters. The number of hydrogen-bond acceptors (Lipinski definition) is 4. The first kappa shape index (κ1) is 15.6. The molecule has 9 heteroatoms. The monoisotopic (exact) mass is 265 g/mol. The summed E-state index contributed by atoms with van der Waals surface area (Å²) in [5.74, 6) is -0.439. The van der Waals surface area contributed by atoms with E-state index in [9.17, 15) is 21.6 Å². The maximum atomic E-state index is 11.8. The van der Waals surface area contributed by atoms with Crippen LogP contribution in [0.15, 0.2) is 0 Å². The molecule has 98 valence electrons. The Morgan fingerprint density at radius 3 is 2.44 bits per heavy atom. The third kappa shape index (κ3) is 6.99. The first-order chi connectivity index (χ1) is 7.19. The van der Waals surface area contributed by atoms with E-state index in [4.69, 9.17) is 9.84 Å². The molecule has 0 heterocycles. The van der Waals surface area contributed by atoms with Gasteiger partial charge < -0.3 is 9.84 Å². The van der Waals surface area contributed by atoms with Gasteiger partial charge in [0, 0.05) is 13.2 Å². The zero-order chi connectivity index (χ0) is 12.8. The number of halogens is 3. The molecule has 0 radical (unpaired) electrons.